The van der Waals surface area contributed by atoms with Crippen LogP contribution in [0.15, 0.2) is 24.3 Å². The first kappa shape index (κ1) is 18.8. The van der Waals surface area contributed by atoms with Crippen molar-refractivity contribution >= 4 is 33.2 Å². The van der Waals surface area contributed by atoms with Gasteiger partial charge >= 0.3 is 0 Å². The van der Waals surface area contributed by atoms with Gasteiger partial charge in [0.05, 0.1) is 12.8 Å². The van der Waals surface area contributed by atoms with Gasteiger partial charge in [-0.2, -0.15) is 0 Å². The van der Waals surface area contributed by atoms with E-state index in [4.69, 9.17) is 4.74 Å². The van der Waals surface area contributed by atoms with Crippen molar-refractivity contribution in [1.29, 1.82) is 0 Å². The summed E-state index contributed by atoms with van der Waals surface area (Å²) in [4.78, 5) is 16.8. The molecule has 6 heteroatoms. The summed E-state index contributed by atoms with van der Waals surface area (Å²) >= 11 is 0. The van der Waals surface area contributed by atoms with E-state index in [0.29, 0.717) is 12.3 Å². The molecule has 2 aliphatic heterocycles. The predicted octanol–water partition coefficient (Wildman–Crippen LogP) is 4.06. The average Bonchev–Trinajstić information content (AvgIpc) is 3.18. The Balaban J connectivity index is 1.38. The molecular formula is C19H28N2O2S2. The molecule has 3 rings (SSSR count). The normalized spacial score (nSPS) is 20.8. The standard InChI is InChI=1S/C19H28N2O2S2/c1-23-18-8-4-3-7-17(18)20-11-13-21(14-12-20)19(22)9-5-2-6-16-10-15-24-25-16/h3-4,7-8,16H,2,5-6,9-15H2,1H3. The Morgan fingerprint density at radius 3 is 2.72 bits per heavy atom. The quantitative estimate of drug-likeness (QED) is 0.526. The fraction of sp³-hybridized carbons (Fsp3) is 0.632. The number of unbranched alkanes of at least 4 members (excludes halogenated alkanes) is 1. The lowest BCUT2D eigenvalue weighted by Gasteiger charge is -2.36. The third-order valence-corrected chi connectivity index (χ3v) is 7.96. The highest BCUT2D eigenvalue weighted by molar-refractivity contribution is 8.77. The van der Waals surface area contributed by atoms with Crippen LogP contribution in [-0.4, -0.2) is 55.1 Å². The van der Waals surface area contributed by atoms with E-state index in [2.05, 4.69) is 11.0 Å². The lowest BCUT2D eigenvalue weighted by molar-refractivity contribution is -0.131. The van der Waals surface area contributed by atoms with E-state index in [1.54, 1.807) is 7.11 Å². The molecular weight excluding hydrogens is 352 g/mol. The molecule has 0 spiro atoms. The number of piperazine rings is 1. The maximum absolute atomic E-state index is 12.4. The summed E-state index contributed by atoms with van der Waals surface area (Å²) in [5.41, 5.74) is 1.13. The summed E-state index contributed by atoms with van der Waals surface area (Å²) in [6.45, 7) is 3.38. The van der Waals surface area contributed by atoms with Gasteiger partial charge in [-0.3, -0.25) is 4.79 Å². The SMILES string of the molecule is COc1ccccc1N1CCN(C(=O)CCCCC2CCSS2)CC1. The van der Waals surface area contributed by atoms with Crippen LogP contribution < -0.4 is 9.64 Å². The molecule has 1 amide bonds. The molecule has 0 aliphatic carbocycles. The van der Waals surface area contributed by atoms with Crippen LogP contribution in [-0.2, 0) is 4.79 Å². The van der Waals surface area contributed by atoms with Crippen LogP contribution in [0.4, 0.5) is 5.69 Å². The molecule has 2 fully saturated rings. The highest BCUT2D eigenvalue weighted by Crippen LogP contribution is 2.39. The average molecular weight is 381 g/mol. The van der Waals surface area contributed by atoms with Gasteiger partial charge < -0.3 is 14.5 Å². The van der Waals surface area contributed by atoms with E-state index < -0.39 is 0 Å². The Labute approximate surface area is 159 Å². The predicted molar refractivity (Wildman–Crippen MR) is 109 cm³/mol. The number of methoxy groups -OCH3 is 1. The Kier molecular flexibility index (Phi) is 7.23. The number of ether oxygens (including phenoxy) is 1. The van der Waals surface area contributed by atoms with Crippen molar-refractivity contribution in [2.75, 3.05) is 43.9 Å². The summed E-state index contributed by atoms with van der Waals surface area (Å²) in [7, 11) is 5.74. The molecule has 0 N–H and O–H groups in total. The Morgan fingerprint density at radius 2 is 2.00 bits per heavy atom. The first-order chi connectivity index (χ1) is 12.3. The first-order valence-corrected chi connectivity index (χ1v) is 11.6. The van der Waals surface area contributed by atoms with Gasteiger partial charge in [0.15, 0.2) is 0 Å². The van der Waals surface area contributed by atoms with Crippen molar-refractivity contribution in [2.24, 2.45) is 0 Å². The van der Waals surface area contributed by atoms with Crippen molar-refractivity contribution in [3.8, 4) is 5.75 Å². The van der Waals surface area contributed by atoms with Crippen LogP contribution in [0, 0.1) is 0 Å². The molecule has 2 aliphatic rings. The third-order valence-electron chi connectivity index (χ3n) is 4.95. The first-order valence-electron chi connectivity index (χ1n) is 9.22. The zero-order valence-electron chi connectivity index (χ0n) is 15.0. The maximum Gasteiger partial charge on any atom is 0.222 e. The van der Waals surface area contributed by atoms with Gasteiger partial charge in [-0.25, -0.2) is 0 Å². The Bertz CT molecular complexity index is 556. The zero-order valence-corrected chi connectivity index (χ0v) is 16.6. The highest BCUT2D eigenvalue weighted by Gasteiger charge is 2.22. The molecule has 4 nitrogen and oxygen atoms in total. The molecule has 2 heterocycles. The molecule has 1 aromatic rings. The van der Waals surface area contributed by atoms with Crippen LogP contribution in [0.1, 0.15) is 32.1 Å². The summed E-state index contributed by atoms with van der Waals surface area (Å²) in [6.07, 6.45) is 5.54. The van der Waals surface area contributed by atoms with Gasteiger partial charge in [0.25, 0.3) is 0 Å². The smallest absolute Gasteiger partial charge is 0.222 e. The molecule has 0 bridgehead atoms. The molecule has 0 aromatic heterocycles. The third kappa shape index (κ3) is 5.23. The number of carbonyl (C=O) groups is 1. The summed E-state index contributed by atoms with van der Waals surface area (Å²) in [5.74, 6) is 2.53. The van der Waals surface area contributed by atoms with E-state index in [9.17, 15) is 4.79 Å². The van der Waals surface area contributed by atoms with E-state index in [1.807, 2.05) is 44.7 Å². The number of anilines is 1. The summed E-state index contributed by atoms with van der Waals surface area (Å²) < 4.78 is 5.46. The minimum Gasteiger partial charge on any atom is -0.495 e. The fourth-order valence-corrected chi connectivity index (χ4v) is 6.49. The Hall–Kier alpha value is -1.01. The van der Waals surface area contributed by atoms with E-state index in [1.165, 1.54) is 25.0 Å². The largest absolute Gasteiger partial charge is 0.495 e. The van der Waals surface area contributed by atoms with Crippen LogP contribution in [0.3, 0.4) is 0 Å². The summed E-state index contributed by atoms with van der Waals surface area (Å²) in [6, 6.07) is 8.12. The van der Waals surface area contributed by atoms with Gasteiger partial charge in [-0.05, 0) is 31.4 Å². The van der Waals surface area contributed by atoms with Crippen molar-refractivity contribution in [3.05, 3.63) is 24.3 Å². The molecule has 0 saturated carbocycles. The number of para-hydroxylation sites is 2. The van der Waals surface area contributed by atoms with Crippen LogP contribution in [0.2, 0.25) is 0 Å². The number of hydrogen-bond acceptors (Lipinski definition) is 5. The van der Waals surface area contributed by atoms with Crippen molar-refractivity contribution in [3.63, 3.8) is 0 Å². The number of amides is 1. The van der Waals surface area contributed by atoms with Gasteiger partial charge in [0.2, 0.25) is 5.91 Å². The summed E-state index contributed by atoms with van der Waals surface area (Å²) in [5, 5.41) is 0.824. The minimum atomic E-state index is 0.327. The van der Waals surface area contributed by atoms with Gasteiger partial charge in [-0.15, -0.1) is 0 Å². The number of nitrogens with zero attached hydrogens (tertiary/aromatic N) is 2. The van der Waals surface area contributed by atoms with Crippen LogP contribution >= 0.6 is 21.6 Å². The zero-order chi connectivity index (χ0) is 17.5. The lowest BCUT2D eigenvalue weighted by atomic mass is 10.1. The van der Waals surface area contributed by atoms with Gasteiger partial charge in [-0.1, -0.05) is 40.1 Å². The second kappa shape index (κ2) is 9.62. The van der Waals surface area contributed by atoms with Crippen molar-refractivity contribution in [2.45, 2.75) is 37.4 Å². The van der Waals surface area contributed by atoms with Gasteiger partial charge in [0, 0.05) is 43.6 Å². The Morgan fingerprint density at radius 1 is 1.20 bits per heavy atom. The molecule has 1 aromatic carbocycles. The second-order valence-electron chi connectivity index (χ2n) is 6.61. The topological polar surface area (TPSA) is 32.8 Å². The van der Waals surface area contributed by atoms with E-state index in [-0.39, 0.29) is 0 Å². The molecule has 25 heavy (non-hydrogen) atoms. The van der Waals surface area contributed by atoms with E-state index in [0.717, 1.165) is 49.3 Å². The number of hydrogen-bond donors (Lipinski definition) is 0. The molecule has 1 unspecified atom stereocenters. The fourth-order valence-electron chi connectivity index (χ4n) is 3.46. The van der Waals surface area contributed by atoms with E-state index >= 15 is 0 Å². The molecule has 0 radical (unpaired) electrons. The number of carbonyl (C=O) groups excluding carboxylic acids is 1. The lowest BCUT2D eigenvalue weighted by Crippen LogP contribution is -2.48. The molecule has 1 atom stereocenters. The van der Waals surface area contributed by atoms with Crippen LogP contribution in [0.25, 0.3) is 0 Å². The number of benzene rings is 1. The van der Waals surface area contributed by atoms with Crippen LogP contribution in [0.5, 0.6) is 5.75 Å². The monoisotopic (exact) mass is 380 g/mol. The number of rotatable bonds is 7. The van der Waals surface area contributed by atoms with Crippen molar-refractivity contribution in [1.82, 2.24) is 4.90 Å². The van der Waals surface area contributed by atoms with Gasteiger partial charge in [0.1, 0.15) is 5.75 Å². The highest BCUT2D eigenvalue weighted by atomic mass is 33.1. The molecule has 2 saturated heterocycles. The van der Waals surface area contributed by atoms with Crippen molar-refractivity contribution < 1.29 is 9.53 Å². The second-order valence-corrected chi connectivity index (χ2v) is 9.40. The maximum atomic E-state index is 12.4. The molecule has 138 valence electrons. The minimum absolute atomic E-state index is 0.327.